The first kappa shape index (κ1) is 23.7. The Kier molecular flexibility index (Phi) is 9.49. The largest absolute Gasteiger partial charge is 0.469 e. The molecule has 0 amide bonds. The molecule has 0 saturated carbocycles. The Bertz CT molecular complexity index is 733. The standard InChI is InChI=1S/C23H34N4O.HI/c1-17(2)27-15-18(3)22(16-27)26-23(24-13-12-21-11-8-14-28-21)25-19(4)20-9-6-5-7-10-20;/h5-11,14,17-19,22H,12-13,15-16H2,1-4H3,(H2,24,25,26);1H. The summed E-state index contributed by atoms with van der Waals surface area (Å²) in [6.45, 7) is 11.9. The van der Waals surface area contributed by atoms with E-state index in [0.717, 1.165) is 31.2 Å². The van der Waals surface area contributed by atoms with E-state index in [1.165, 1.54) is 5.56 Å². The van der Waals surface area contributed by atoms with Crippen molar-refractivity contribution in [3.63, 3.8) is 0 Å². The van der Waals surface area contributed by atoms with Crippen LogP contribution in [0.1, 0.15) is 45.1 Å². The van der Waals surface area contributed by atoms with E-state index >= 15 is 0 Å². The Morgan fingerprint density at radius 1 is 1.14 bits per heavy atom. The number of halogens is 1. The summed E-state index contributed by atoms with van der Waals surface area (Å²) in [7, 11) is 0. The molecule has 0 spiro atoms. The molecule has 160 valence electrons. The molecule has 3 atom stereocenters. The van der Waals surface area contributed by atoms with Crippen molar-refractivity contribution in [1.29, 1.82) is 0 Å². The molecule has 5 nitrogen and oxygen atoms in total. The van der Waals surface area contributed by atoms with Crippen LogP contribution in [0.2, 0.25) is 0 Å². The predicted molar refractivity (Wildman–Crippen MR) is 131 cm³/mol. The van der Waals surface area contributed by atoms with Gasteiger partial charge < -0.3 is 15.1 Å². The van der Waals surface area contributed by atoms with Crippen LogP contribution in [0, 0.1) is 5.92 Å². The Morgan fingerprint density at radius 2 is 1.90 bits per heavy atom. The molecule has 1 aliphatic heterocycles. The van der Waals surface area contributed by atoms with Crippen molar-refractivity contribution in [3.05, 3.63) is 60.1 Å². The van der Waals surface area contributed by atoms with Crippen molar-refractivity contribution < 1.29 is 4.42 Å². The lowest BCUT2D eigenvalue weighted by atomic mass is 10.1. The number of hydrogen-bond acceptors (Lipinski definition) is 3. The molecule has 1 aliphatic rings. The molecule has 0 bridgehead atoms. The lowest BCUT2D eigenvalue weighted by molar-refractivity contribution is 0.265. The number of rotatable bonds is 7. The average molecular weight is 510 g/mol. The van der Waals surface area contributed by atoms with Crippen molar-refractivity contribution in [2.24, 2.45) is 10.9 Å². The summed E-state index contributed by atoms with van der Waals surface area (Å²) >= 11 is 0. The summed E-state index contributed by atoms with van der Waals surface area (Å²) in [5.74, 6) is 2.44. The van der Waals surface area contributed by atoms with E-state index in [-0.39, 0.29) is 30.0 Å². The summed E-state index contributed by atoms with van der Waals surface area (Å²) in [4.78, 5) is 7.38. The molecule has 3 unspecified atom stereocenters. The van der Waals surface area contributed by atoms with Crippen LogP contribution in [-0.2, 0) is 6.42 Å². The van der Waals surface area contributed by atoms with Crippen LogP contribution in [0.25, 0.3) is 0 Å². The molecular weight excluding hydrogens is 475 g/mol. The van der Waals surface area contributed by atoms with E-state index in [1.54, 1.807) is 6.26 Å². The monoisotopic (exact) mass is 510 g/mol. The van der Waals surface area contributed by atoms with Gasteiger partial charge in [0.25, 0.3) is 0 Å². The van der Waals surface area contributed by atoms with Gasteiger partial charge in [0.2, 0.25) is 0 Å². The van der Waals surface area contributed by atoms with Gasteiger partial charge >= 0.3 is 0 Å². The molecule has 1 aromatic carbocycles. The fourth-order valence-electron chi connectivity index (χ4n) is 3.69. The molecule has 2 heterocycles. The van der Waals surface area contributed by atoms with Gasteiger partial charge in [0.1, 0.15) is 5.76 Å². The van der Waals surface area contributed by atoms with Gasteiger partial charge in [-0.05, 0) is 44.4 Å². The van der Waals surface area contributed by atoms with Crippen molar-refractivity contribution in [2.75, 3.05) is 19.6 Å². The summed E-state index contributed by atoms with van der Waals surface area (Å²) in [5.41, 5.74) is 1.26. The number of aliphatic imine (C=N–C) groups is 1. The minimum absolute atomic E-state index is 0. The van der Waals surface area contributed by atoms with E-state index < -0.39 is 0 Å². The number of likely N-dealkylation sites (tertiary alicyclic amines) is 1. The fourth-order valence-corrected chi connectivity index (χ4v) is 3.69. The van der Waals surface area contributed by atoms with Gasteiger partial charge in [-0.1, -0.05) is 37.3 Å². The van der Waals surface area contributed by atoms with Crippen LogP contribution < -0.4 is 10.6 Å². The number of benzene rings is 1. The van der Waals surface area contributed by atoms with Gasteiger partial charge in [-0.25, -0.2) is 0 Å². The van der Waals surface area contributed by atoms with Crippen molar-refractivity contribution in [3.8, 4) is 0 Å². The van der Waals surface area contributed by atoms with Gasteiger partial charge in [-0.3, -0.25) is 9.89 Å². The third-order valence-corrected chi connectivity index (χ3v) is 5.55. The molecule has 29 heavy (non-hydrogen) atoms. The number of hydrogen-bond donors (Lipinski definition) is 2. The van der Waals surface area contributed by atoms with Gasteiger partial charge in [0.05, 0.1) is 12.3 Å². The molecule has 0 aliphatic carbocycles. The fraction of sp³-hybridized carbons (Fsp3) is 0.522. The van der Waals surface area contributed by atoms with Crippen LogP contribution in [0.5, 0.6) is 0 Å². The lowest BCUT2D eigenvalue weighted by Crippen LogP contribution is -2.47. The van der Waals surface area contributed by atoms with Gasteiger partial charge in [-0.15, -0.1) is 24.0 Å². The van der Waals surface area contributed by atoms with E-state index in [1.807, 2.05) is 18.2 Å². The Labute approximate surface area is 192 Å². The highest BCUT2D eigenvalue weighted by Crippen LogP contribution is 2.19. The average Bonchev–Trinajstić information content (AvgIpc) is 3.32. The SMILES string of the molecule is CC(NC(=NCCc1ccco1)NC1CN(C(C)C)CC1C)c1ccccc1.I. The second-order valence-corrected chi connectivity index (χ2v) is 8.11. The summed E-state index contributed by atoms with van der Waals surface area (Å²) < 4.78 is 5.44. The van der Waals surface area contributed by atoms with E-state index in [2.05, 4.69) is 67.5 Å². The highest BCUT2D eigenvalue weighted by atomic mass is 127. The van der Waals surface area contributed by atoms with Crippen LogP contribution >= 0.6 is 24.0 Å². The maximum Gasteiger partial charge on any atom is 0.192 e. The Morgan fingerprint density at radius 3 is 2.52 bits per heavy atom. The van der Waals surface area contributed by atoms with E-state index in [9.17, 15) is 0 Å². The Balaban J connectivity index is 0.00000300. The second-order valence-electron chi connectivity index (χ2n) is 8.11. The number of furan rings is 1. The first-order chi connectivity index (χ1) is 13.5. The second kappa shape index (κ2) is 11.6. The topological polar surface area (TPSA) is 52.8 Å². The minimum Gasteiger partial charge on any atom is -0.469 e. The zero-order valence-electron chi connectivity index (χ0n) is 18.0. The smallest absolute Gasteiger partial charge is 0.192 e. The third-order valence-electron chi connectivity index (χ3n) is 5.55. The molecule has 2 aromatic rings. The van der Waals surface area contributed by atoms with E-state index in [0.29, 0.717) is 24.5 Å². The van der Waals surface area contributed by atoms with Crippen molar-refractivity contribution in [2.45, 2.75) is 52.2 Å². The minimum atomic E-state index is 0. The maximum atomic E-state index is 5.44. The highest BCUT2D eigenvalue weighted by molar-refractivity contribution is 14.0. The van der Waals surface area contributed by atoms with Crippen molar-refractivity contribution >= 4 is 29.9 Å². The maximum absolute atomic E-state index is 5.44. The molecule has 1 saturated heterocycles. The van der Waals surface area contributed by atoms with Gasteiger partial charge in [0, 0.05) is 38.1 Å². The molecule has 3 rings (SSSR count). The lowest BCUT2D eigenvalue weighted by Gasteiger charge is -2.24. The zero-order chi connectivity index (χ0) is 19.9. The predicted octanol–water partition coefficient (Wildman–Crippen LogP) is 4.47. The van der Waals surface area contributed by atoms with Gasteiger partial charge in [0.15, 0.2) is 5.96 Å². The number of nitrogens with zero attached hydrogens (tertiary/aromatic N) is 2. The molecular formula is C23H35IN4O. The quantitative estimate of drug-likeness (QED) is 0.328. The highest BCUT2D eigenvalue weighted by Gasteiger charge is 2.31. The van der Waals surface area contributed by atoms with Crippen LogP contribution in [0.3, 0.4) is 0 Å². The van der Waals surface area contributed by atoms with Crippen LogP contribution in [0.4, 0.5) is 0 Å². The number of nitrogens with one attached hydrogen (secondary N) is 2. The third kappa shape index (κ3) is 7.03. The zero-order valence-corrected chi connectivity index (χ0v) is 20.3. The summed E-state index contributed by atoms with van der Waals surface area (Å²) in [6.07, 6.45) is 2.52. The van der Waals surface area contributed by atoms with Crippen LogP contribution in [-0.4, -0.2) is 42.6 Å². The Hall–Kier alpha value is -1.54. The molecule has 0 radical (unpaired) electrons. The number of guanidine groups is 1. The first-order valence-corrected chi connectivity index (χ1v) is 10.4. The molecule has 2 N–H and O–H groups in total. The van der Waals surface area contributed by atoms with E-state index in [4.69, 9.17) is 9.41 Å². The first-order valence-electron chi connectivity index (χ1n) is 10.4. The van der Waals surface area contributed by atoms with Gasteiger partial charge in [-0.2, -0.15) is 0 Å². The molecule has 1 fully saturated rings. The summed E-state index contributed by atoms with van der Waals surface area (Å²) in [6, 6.07) is 15.6. The molecule has 6 heteroatoms. The normalized spacial score (nSPS) is 21.1. The summed E-state index contributed by atoms with van der Waals surface area (Å²) in [5, 5.41) is 7.29. The molecule has 1 aromatic heterocycles. The van der Waals surface area contributed by atoms with Crippen LogP contribution in [0.15, 0.2) is 58.1 Å². The van der Waals surface area contributed by atoms with Crippen molar-refractivity contribution in [1.82, 2.24) is 15.5 Å².